The van der Waals surface area contributed by atoms with Gasteiger partial charge in [-0.3, -0.25) is 0 Å². The first-order valence-electron chi connectivity index (χ1n) is 7.34. The summed E-state index contributed by atoms with van der Waals surface area (Å²) in [4.78, 5) is 2.46. The zero-order valence-corrected chi connectivity index (χ0v) is 13.5. The lowest BCUT2D eigenvalue weighted by Crippen LogP contribution is -2.33. The van der Waals surface area contributed by atoms with Gasteiger partial charge < -0.3 is 10.0 Å². The number of piperidine rings is 1. The summed E-state index contributed by atoms with van der Waals surface area (Å²) in [6, 6.07) is 6.20. The number of halogens is 1. The molecule has 1 aromatic carbocycles. The fourth-order valence-corrected chi connectivity index (χ4v) is 3.56. The highest BCUT2D eigenvalue weighted by molar-refractivity contribution is 9.10. The zero-order chi connectivity index (χ0) is 13.8. The quantitative estimate of drug-likeness (QED) is 0.879. The van der Waals surface area contributed by atoms with Crippen LogP contribution in [0.15, 0.2) is 22.7 Å². The van der Waals surface area contributed by atoms with Crippen LogP contribution in [0.2, 0.25) is 0 Å². The average Bonchev–Trinajstić information content (AvgIpc) is 2.40. The van der Waals surface area contributed by atoms with Gasteiger partial charge in [0.1, 0.15) is 0 Å². The Balaban J connectivity index is 2.03. The first kappa shape index (κ1) is 14.9. The lowest BCUT2D eigenvalue weighted by Gasteiger charge is -2.34. The largest absolute Gasteiger partial charge is 0.389 e. The highest BCUT2D eigenvalue weighted by atomic mass is 79.9. The van der Waals surface area contributed by atoms with Gasteiger partial charge in [0.2, 0.25) is 0 Å². The van der Waals surface area contributed by atoms with Crippen LogP contribution in [0.1, 0.15) is 51.2 Å². The van der Waals surface area contributed by atoms with E-state index in [9.17, 15) is 5.11 Å². The van der Waals surface area contributed by atoms with Crippen molar-refractivity contribution in [3.05, 3.63) is 28.2 Å². The number of aliphatic hydroxyl groups excluding tert-OH is 1. The minimum absolute atomic E-state index is 0.402. The molecule has 19 heavy (non-hydrogen) atoms. The van der Waals surface area contributed by atoms with Gasteiger partial charge in [-0.15, -0.1) is 0 Å². The molecule has 1 heterocycles. The van der Waals surface area contributed by atoms with Crippen LogP contribution in [-0.2, 0) is 0 Å². The first-order chi connectivity index (χ1) is 9.11. The number of hydrogen-bond acceptors (Lipinski definition) is 2. The van der Waals surface area contributed by atoms with Crippen LogP contribution in [0.3, 0.4) is 0 Å². The predicted molar refractivity (Wildman–Crippen MR) is 84.6 cm³/mol. The summed E-state index contributed by atoms with van der Waals surface area (Å²) in [5.74, 6) is 0.914. The van der Waals surface area contributed by atoms with Gasteiger partial charge in [0.05, 0.1) is 11.8 Å². The molecular formula is C16H24BrNO. The van der Waals surface area contributed by atoms with Gasteiger partial charge in [0, 0.05) is 17.6 Å². The molecule has 1 aliphatic rings. The molecule has 1 aliphatic heterocycles. The summed E-state index contributed by atoms with van der Waals surface area (Å²) >= 11 is 3.64. The van der Waals surface area contributed by atoms with Crippen molar-refractivity contribution >= 4 is 21.6 Å². The van der Waals surface area contributed by atoms with Gasteiger partial charge in [-0.05, 0) is 59.3 Å². The standard InChI is InChI=1S/C16H24BrNO/c1-3-4-13-7-9-18(10-8-13)16-6-5-14(12(2)19)11-15(16)17/h5-6,11-13,19H,3-4,7-10H2,1-2H3. The molecule has 0 saturated carbocycles. The second kappa shape index (κ2) is 6.76. The van der Waals surface area contributed by atoms with E-state index >= 15 is 0 Å². The third-order valence-corrected chi connectivity index (χ3v) is 4.74. The average molecular weight is 326 g/mol. The molecule has 1 N–H and O–H groups in total. The van der Waals surface area contributed by atoms with E-state index in [0.29, 0.717) is 0 Å². The molecule has 0 aromatic heterocycles. The maximum Gasteiger partial charge on any atom is 0.0762 e. The molecule has 3 heteroatoms. The lowest BCUT2D eigenvalue weighted by molar-refractivity contribution is 0.199. The number of nitrogens with zero attached hydrogens (tertiary/aromatic N) is 1. The topological polar surface area (TPSA) is 23.5 Å². The smallest absolute Gasteiger partial charge is 0.0762 e. The third kappa shape index (κ3) is 3.73. The molecule has 1 fully saturated rings. The molecular weight excluding hydrogens is 302 g/mol. The fraction of sp³-hybridized carbons (Fsp3) is 0.625. The van der Waals surface area contributed by atoms with Gasteiger partial charge >= 0.3 is 0 Å². The van der Waals surface area contributed by atoms with Crippen LogP contribution in [0.25, 0.3) is 0 Å². The Labute approximate surface area is 124 Å². The molecule has 0 amide bonds. The van der Waals surface area contributed by atoms with Crippen molar-refractivity contribution in [1.82, 2.24) is 0 Å². The van der Waals surface area contributed by atoms with Crippen molar-refractivity contribution in [2.75, 3.05) is 18.0 Å². The van der Waals surface area contributed by atoms with Gasteiger partial charge in [-0.25, -0.2) is 0 Å². The Hall–Kier alpha value is -0.540. The molecule has 0 radical (unpaired) electrons. The second-order valence-electron chi connectivity index (χ2n) is 5.61. The van der Waals surface area contributed by atoms with Crippen molar-refractivity contribution < 1.29 is 5.11 Å². The summed E-state index contributed by atoms with van der Waals surface area (Å²) in [5, 5.41) is 9.61. The zero-order valence-electron chi connectivity index (χ0n) is 11.9. The lowest BCUT2D eigenvalue weighted by atomic mass is 9.92. The molecule has 1 saturated heterocycles. The molecule has 2 nitrogen and oxygen atoms in total. The maximum atomic E-state index is 9.61. The normalized spacial score (nSPS) is 18.6. The van der Waals surface area contributed by atoms with E-state index in [2.05, 4.69) is 33.8 Å². The van der Waals surface area contributed by atoms with E-state index in [1.807, 2.05) is 12.1 Å². The summed E-state index contributed by atoms with van der Waals surface area (Å²) in [5.41, 5.74) is 2.23. The van der Waals surface area contributed by atoms with E-state index in [4.69, 9.17) is 0 Å². The van der Waals surface area contributed by atoms with Crippen LogP contribution in [-0.4, -0.2) is 18.2 Å². The van der Waals surface area contributed by atoms with Gasteiger partial charge in [-0.2, -0.15) is 0 Å². The monoisotopic (exact) mass is 325 g/mol. The highest BCUT2D eigenvalue weighted by Gasteiger charge is 2.20. The SMILES string of the molecule is CCCC1CCN(c2ccc(C(C)O)cc2Br)CC1. The van der Waals surface area contributed by atoms with Crippen molar-refractivity contribution in [2.24, 2.45) is 5.92 Å². The molecule has 0 bridgehead atoms. The van der Waals surface area contributed by atoms with Crippen LogP contribution >= 0.6 is 15.9 Å². The number of aliphatic hydroxyl groups is 1. The minimum atomic E-state index is -0.402. The number of rotatable bonds is 4. The van der Waals surface area contributed by atoms with Crippen molar-refractivity contribution in [3.8, 4) is 0 Å². The summed E-state index contributed by atoms with van der Waals surface area (Å²) in [7, 11) is 0. The molecule has 106 valence electrons. The van der Waals surface area contributed by atoms with E-state index < -0.39 is 6.10 Å². The number of hydrogen-bond donors (Lipinski definition) is 1. The van der Waals surface area contributed by atoms with Crippen LogP contribution in [0.5, 0.6) is 0 Å². The molecule has 1 atom stereocenters. The Morgan fingerprint density at radius 1 is 1.37 bits per heavy atom. The maximum absolute atomic E-state index is 9.61. The van der Waals surface area contributed by atoms with E-state index in [1.54, 1.807) is 6.92 Å². The van der Waals surface area contributed by atoms with Crippen LogP contribution < -0.4 is 4.90 Å². The Morgan fingerprint density at radius 2 is 2.05 bits per heavy atom. The van der Waals surface area contributed by atoms with Gasteiger partial charge in [-0.1, -0.05) is 25.8 Å². The van der Waals surface area contributed by atoms with E-state index in [-0.39, 0.29) is 0 Å². The fourth-order valence-electron chi connectivity index (χ4n) is 2.91. The third-order valence-electron chi connectivity index (χ3n) is 4.11. The first-order valence-corrected chi connectivity index (χ1v) is 8.13. The van der Waals surface area contributed by atoms with Crippen LogP contribution in [0, 0.1) is 5.92 Å². The van der Waals surface area contributed by atoms with Gasteiger partial charge in [0.25, 0.3) is 0 Å². The Morgan fingerprint density at radius 3 is 2.58 bits per heavy atom. The number of benzene rings is 1. The summed E-state index contributed by atoms with van der Waals surface area (Å²) in [6.45, 7) is 6.38. The summed E-state index contributed by atoms with van der Waals surface area (Å²) < 4.78 is 1.10. The predicted octanol–water partition coefficient (Wildman–Crippen LogP) is 4.52. The van der Waals surface area contributed by atoms with Crippen molar-refractivity contribution in [2.45, 2.75) is 45.6 Å². The number of anilines is 1. The Kier molecular flexibility index (Phi) is 5.28. The Bertz CT molecular complexity index is 411. The molecule has 1 aromatic rings. The minimum Gasteiger partial charge on any atom is -0.389 e. The van der Waals surface area contributed by atoms with Crippen LogP contribution in [0.4, 0.5) is 5.69 Å². The molecule has 0 aliphatic carbocycles. The van der Waals surface area contributed by atoms with E-state index in [0.717, 1.165) is 29.0 Å². The van der Waals surface area contributed by atoms with Crippen molar-refractivity contribution in [3.63, 3.8) is 0 Å². The van der Waals surface area contributed by atoms with Crippen molar-refractivity contribution in [1.29, 1.82) is 0 Å². The molecule has 1 unspecified atom stereocenters. The second-order valence-corrected chi connectivity index (χ2v) is 6.46. The van der Waals surface area contributed by atoms with E-state index in [1.165, 1.54) is 31.4 Å². The molecule has 0 spiro atoms. The summed E-state index contributed by atoms with van der Waals surface area (Å²) in [6.07, 6.45) is 4.88. The van der Waals surface area contributed by atoms with Gasteiger partial charge in [0.15, 0.2) is 0 Å². The highest BCUT2D eigenvalue weighted by Crippen LogP contribution is 2.33. The molecule has 2 rings (SSSR count).